The lowest BCUT2D eigenvalue weighted by atomic mass is 10.2. The number of nitrogens with one attached hydrogen (secondary N) is 1. The Bertz CT molecular complexity index is 436. The van der Waals surface area contributed by atoms with Crippen LogP contribution in [0.25, 0.3) is 0 Å². The summed E-state index contributed by atoms with van der Waals surface area (Å²) in [6, 6.07) is 4.95. The van der Waals surface area contributed by atoms with Crippen molar-refractivity contribution >= 4 is 46.7 Å². The van der Waals surface area contributed by atoms with E-state index in [1.165, 1.54) is 5.75 Å². The SMILES string of the molecule is Nc1ccc(Cl)c(C(=O)NCC2CSCCS2)c1. The molecule has 1 atom stereocenters. The van der Waals surface area contributed by atoms with Crippen LogP contribution in [0.15, 0.2) is 18.2 Å². The van der Waals surface area contributed by atoms with Crippen LogP contribution in [0.3, 0.4) is 0 Å². The van der Waals surface area contributed by atoms with Crippen molar-refractivity contribution < 1.29 is 4.79 Å². The molecule has 1 aliphatic heterocycles. The van der Waals surface area contributed by atoms with E-state index in [1.807, 2.05) is 23.5 Å². The minimum atomic E-state index is -0.150. The standard InChI is InChI=1S/C12H15ClN2OS2/c13-11-2-1-8(14)5-10(11)12(16)15-6-9-7-17-3-4-18-9/h1-2,5,9H,3-4,6-7,14H2,(H,15,16). The fraction of sp³-hybridized carbons (Fsp3) is 0.417. The average Bonchev–Trinajstić information content (AvgIpc) is 2.40. The average molecular weight is 303 g/mol. The van der Waals surface area contributed by atoms with Crippen molar-refractivity contribution in [3.05, 3.63) is 28.8 Å². The van der Waals surface area contributed by atoms with Gasteiger partial charge in [-0.1, -0.05) is 11.6 Å². The fourth-order valence-corrected chi connectivity index (χ4v) is 4.49. The van der Waals surface area contributed by atoms with Gasteiger partial charge < -0.3 is 11.1 Å². The number of carbonyl (C=O) groups is 1. The van der Waals surface area contributed by atoms with Gasteiger partial charge in [0.05, 0.1) is 10.6 Å². The van der Waals surface area contributed by atoms with Crippen LogP contribution < -0.4 is 11.1 Å². The first-order valence-electron chi connectivity index (χ1n) is 5.69. The van der Waals surface area contributed by atoms with Crippen LogP contribution in [-0.2, 0) is 0 Å². The van der Waals surface area contributed by atoms with Crippen molar-refractivity contribution in [1.29, 1.82) is 0 Å². The molecule has 1 fully saturated rings. The first-order valence-corrected chi connectivity index (χ1v) is 8.27. The van der Waals surface area contributed by atoms with Crippen LogP contribution in [-0.4, -0.2) is 35.0 Å². The summed E-state index contributed by atoms with van der Waals surface area (Å²) in [5.41, 5.74) is 6.66. The van der Waals surface area contributed by atoms with Crippen molar-refractivity contribution in [3.63, 3.8) is 0 Å². The number of halogens is 1. The summed E-state index contributed by atoms with van der Waals surface area (Å²) in [4.78, 5) is 12.0. The van der Waals surface area contributed by atoms with E-state index < -0.39 is 0 Å². The monoisotopic (exact) mass is 302 g/mol. The first-order chi connectivity index (χ1) is 8.66. The molecule has 0 bridgehead atoms. The molecule has 1 aromatic carbocycles. The molecule has 1 unspecified atom stereocenters. The second kappa shape index (κ2) is 6.59. The molecule has 0 spiro atoms. The van der Waals surface area contributed by atoms with Gasteiger partial charge in [0.25, 0.3) is 5.91 Å². The van der Waals surface area contributed by atoms with E-state index in [4.69, 9.17) is 17.3 Å². The number of nitrogens with two attached hydrogens (primary N) is 1. The van der Waals surface area contributed by atoms with Gasteiger partial charge >= 0.3 is 0 Å². The normalized spacial score (nSPS) is 19.5. The predicted octanol–water partition coefficient (Wildman–Crippen LogP) is 2.50. The van der Waals surface area contributed by atoms with Crippen molar-refractivity contribution in [2.75, 3.05) is 29.5 Å². The number of hydrogen-bond acceptors (Lipinski definition) is 4. The molecule has 98 valence electrons. The Morgan fingerprint density at radius 1 is 1.50 bits per heavy atom. The summed E-state index contributed by atoms with van der Waals surface area (Å²) >= 11 is 9.84. The van der Waals surface area contributed by atoms with E-state index in [9.17, 15) is 4.79 Å². The number of anilines is 1. The van der Waals surface area contributed by atoms with Gasteiger partial charge in [0.1, 0.15) is 0 Å². The van der Waals surface area contributed by atoms with Gasteiger partial charge in [-0.25, -0.2) is 0 Å². The molecule has 0 aromatic heterocycles. The van der Waals surface area contributed by atoms with E-state index in [0.717, 1.165) is 11.5 Å². The second-order valence-corrected chi connectivity index (χ2v) is 6.98. The van der Waals surface area contributed by atoms with E-state index in [2.05, 4.69) is 5.32 Å². The number of amides is 1. The molecule has 3 N–H and O–H groups in total. The zero-order valence-corrected chi connectivity index (χ0v) is 12.2. The summed E-state index contributed by atoms with van der Waals surface area (Å²) in [6.07, 6.45) is 0. The highest BCUT2D eigenvalue weighted by Crippen LogP contribution is 2.24. The lowest BCUT2D eigenvalue weighted by Gasteiger charge is -2.21. The van der Waals surface area contributed by atoms with Crippen molar-refractivity contribution in [3.8, 4) is 0 Å². The van der Waals surface area contributed by atoms with Gasteiger partial charge in [-0.3, -0.25) is 4.79 Å². The molecular weight excluding hydrogens is 288 g/mol. The minimum absolute atomic E-state index is 0.150. The van der Waals surface area contributed by atoms with Crippen LogP contribution in [0.1, 0.15) is 10.4 Å². The lowest BCUT2D eigenvalue weighted by molar-refractivity contribution is 0.0954. The minimum Gasteiger partial charge on any atom is -0.399 e. The molecule has 0 aliphatic carbocycles. The van der Waals surface area contributed by atoms with E-state index in [0.29, 0.717) is 28.1 Å². The molecule has 0 radical (unpaired) electrons. The largest absolute Gasteiger partial charge is 0.399 e. The van der Waals surface area contributed by atoms with Gasteiger partial charge in [-0.2, -0.15) is 23.5 Å². The molecule has 1 saturated heterocycles. The van der Waals surface area contributed by atoms with E-state index in [1.54, 1.807) is 18.2 Å². The second-order valence-electron chi connectivity index (χ2n) is 4.02. The van der Waals surface area contributed by atoms with Gasteiger partial charge in [-0.05, 0) is 18.2 Å². The first kappa shape index (κ1) is 13.9. The van der Waals surface area contributed by atoms with Crippen molar-refractivity contribution in [2.45, 2.75) is 5.25 Å². The summed E-state index contributed by atoms with van der Waals surface area (Å²) < 4.78 is 0. The number of carbonyl (C=O) groups excluding carboxylic acids is 1. The molecule has 0 saturated carbocycles. The van der Waals surface area contributed by atoms with Gasteiger partial charge in [0.2, 0.25) is 0 Å². The summed E-state index contributed by atoms with van der Waals surface area (Å²) in [5, 5.41) is 3.85. The third-order valence-electron chi connectivity index (χ3n) is 2.61. The summed E-state index contributed by atoms with van der Waals surface area (Å²) in [6.45, 7) is 0.682. The number of benzene rings is 1. The highest BCUT2D eigenvalue weighted by atomic mass is 35.5. The molecule has 18 heavy (non-hydrogen) atoms. The Labute approximate surface area is 120 Å². The summed E-state index contributed by atoms with van der Waals surface area (Å²) in [5.74, 6) is 3.30. The van der Waals surface area contributed by atoms with Crippen LogP contribution >= 0.6 is 35.1 Å². The van der Waals surface area contributed by atoms with Crippen LogP contribution in [0.2, 0.25) is 5.02 Å². The molecule has 6 heteroatoms. The lowest BCUT2D eigenvalue weighted by Crippen LogP contribution is -2.33. The quantitative estimate of drug-likeness (QED) is 0.842. The maximum absolute atomic E-state index is 12.0. The molecule has 1 aliphatic rings. The molecule has 1 amide bonds. The Kier molecular flexibility index (Phi) is 5.09. The maximum Gasteiger partial charge on any atom is 0.252 e. The Morgan fingerprint density at radius 2 is 2.33 bits per heavy atom. The number of thioether (sulfide) groups is 2. The Hall–Kier alpha value is -0.520. The van der Waals surface area contributed by atoms with Gasteiger partial charge in [-0.15, -0.1) is 0 Å². The molecule has 2 rings (SSSR count). The third kappa shape index (κ3) is 3.73. The molecule has 3 nitrogen and oxygen atoms in total. The van der Waals surface area contributed by atoms with E-state index in [-0.39, 0.29) is 5.91 Å². The fourth-order valence-electron chi connectivity index (χ4n) is 1.67. The highest BCUT2D eigenvalue weighted by Gasteiger charge is 2.16. The maximum atomic E-state index is 12.0. The van der Waals surface area contributed by atoms with Crippen LogP contribution in [0.5, 0.6) is 0 Å². The van der Waals surface area contributed by atoms with Gasteiger partial charge in [0, 0.05) is 34.7 Å². The molecular formula is C12H15ClN2OS2. The highest BCUT2D eigenvalue weighted by molar-refractivity contribution is 8.06. The summed E-state index contributed by atoms with van der Waals surface area (Å²) in [7, 11) is 0. The van der Waals surface area contributed by atoms with E-state index >= 15 is 0 Å². The van der Waals surface area contributed by atoms with Crippen molar-refractivity contribution in [2.24, 2.45) is 0 Å². The van der Waals surface area contributed by atoms with Crippen LogP contribution in [0.4, 0.5) is 5.69 Å². The van der Waals surface area contributed by atoms with Crippen molar-refractivity contribution in [1.82, 2.24) is 5.32 Å². The Balaban J connectivity index is 1.92. The third-order valence-corrected chi connectivity index (χ3v) is 5.78. The zero-order valence-electron chi connectivity index (χ0n) is 9.82. The number of nitrogen functional groups attached to an aromatic ring is 1. The smallest absolute Gasteiger partial charge is 0.252 e. The number of rotatable bonds is 3. The Morgan fingerprint density at radius 3 is 3.06 bits per heavy atom. The predicted molar refractivity (Wildman–Crippen MR) is 81.8 cm³/mol. The molecule has 1 heterocycles. The topological polar surface area (TPSA) is 55.1 Å². The zero-order chi connectivity index (χ0) is 13.0. The van der Waals surface area contributed by atoms with Crippen LogP contribution in [0, 0.1) is 0 Å². The van der Waals surface area contributed by atoms with Gasteiger partial charge in [0.15, 0.2) is 0 Å². The molecule has 1 aromatic rings. The number of hydrogen-bond donors (Lipinski definition) is 2.